The number of H-pyrrole nitrogens is 1. The molecule has 0 bridgehead atoms. The first-order chi connectivity index (χ1) is 13.2. The number of aromatic amines is 1. The molecule has 0 unspecified atom stereocenters. The van der Waals surface area contributed by atoms with E-state index < -0.39 is 6.36 Å². The summed E-state index contributed by atoms with van der Waals surface area (Å²) in [6.07, 6.45) is -0.913. The van der Waals surface area contributed by atoms with E-state index in [9.17, 15) is 22.8 Å². The molecule has 2 atom stereocenters. The van der Waals surface area contributed by atoms with Gasteiger partial charge in [-0.1, -0.05) is 12.8 Å². The van der Waals surface area contributed by atoms with Crippen LogP contribution in [0.15, 0.2) is 18.2 Å². The zero-order valence-corrected chi connectivity index (χ0v) is 15.4. The van der Waals surface area contributed by atoms with E-state index in [-0.39, 0.29) is 35.9 Å². The fraction of sp³-hybridized carbons (Fsp3) is 0.500. The monoisotopic (exact) mass is 394 g/mol. The molecule has 2 fully saturated rings. The van der Waals surface area contributed by atoms with E-state index in [1.165, 1.54) is 23.1 Å². The third kappa shape index (κ3) is 3.36. The van der Waals surface area contributed by atoms with Gasteiger partial charge in [-0.05, 0) is 49.9 Å². The van der Waals surface area contributed by atoms with Crippen molar-refractivity contribution in [1.29, 1.82) is 0 Å². The number of rotatable bonds is 4. The Morgan fingerprint density at radius 2 is 1.79 bits per heavy atom. The maximum Gasteiger partial charge on any atom is 0.573 e. The average molecular weight is 394 g/mol. The van der Waals surface area contributed by atoms with E-state index >= 15 is 0 Å². The van der Waals surface area contributed by atoms with Crippen LogP contribution in [0.25, 0.3) is 10.9 Å². The Kier molecular flexibility index (Phi) is 4.59. The lowest BCUT2D eigenvalue weighted by Gasteiger charge is -2.19. The largest absolute Gasteiger partial charge is 0.573 e. The molecular weight excluding hydrogens is 373 g/mol. The van der Waals surface area contributed by atoms with Crippen LogP contribution in [0.3, 0.4) is 0 Å². The Balaban J connectivity index is 1.56. The van der Waals surface area contributed by atoms with Crippen LogP contribution in [0.5, 0.6) is 5.75 Å². The average Bonchev–Trinajstić information content (AvgIpc) is 3.06. The topological polar surface area (TPSA) is 62.4 Å². The lowest BCUT2D eigenvalue weighted by Crippen LogP contribution is -2.33. The summed E-state index contributed by atoms with van der Waals surface area (Å²) in [5, 5.41) is 0.607. The summed E-state index contributed by atoms with van der Waals surface area (Å²) in [5.41, 5.74) is 2.28. The SMILES string of the molecule is Cc1[nH]c2ccc(OC(F)(F)F)cc2c1CCN1C(=O)[C@H]2CCCC[C@H]2C1=O. The number of nitrogens with one attached hydrogen (secondary N) is 1. The number of aromatic nitrogens is 1. The minimum atomic E-state index is -4.76. The number of fused-ring (bicyclic) bond motifs is 2. The number of imide groups is 1. The van der Waals surface area contributed by atoms with E-state index in [1.54, 1.807) is 0 Å². The van der Waals surface area contributed by atoms with Gasteiger partial charge in [0, 0.05) is 23.1 Å². The fourth-order valence-corrected chi connectivity index (χ4v) is 4.56. The van der Waals surface area contributed by atoms with Crippen molar-refractivity contribution in [2.45, 2.75) is 45.4 Å². The molecule has 5 nitrogen and oxygen atoms in total. The number of carbonyl (C=O) groups excluding carboxylic acids is 2. The van der Waals surface area contributed by atoms with Gasteiger partial charge in [0.2, 0.25) is 11.8 Å². The van der Waals surface area contributed by atoms with Gasteiger partial charge in [-0.15, -0.1) is 13.2 Å². The van der Waals surface area contributed by atoms with Gasteiger partial charge in [0.25, 0.3) is 0 Å². The van der Waals surface area contributed by atoms with Crippen molar-refractivity contribution < 1.29 is 27.5 Å². The van der Waals surface area contributed by atoms with Crippen LogP contribution in [-0.2, 0) is 16.0 Å². The molecular formula is C20H21F3N2O3. The molecule has 2 amide bonds. The normalized spacial score (nSPS) is 22.8. The highest BCUT2D eigenvalue weighted by Crippen LogP contribution is 2.38. The molecule has 150 valence electrons. The number of alkyl halides is 3. The smallest absolute Gasteiger partial charge is 0.406 e. The van der Waals surface area contributed by atoms with Crippen LogP contribution in [-0.4, -0.2) is 34.6 Å². The van der Waals surface area contributed by atoms with Crippen LogP contribution in [0.2, 0.25) is 0 Å². The predicted molar refractivity (Wildman–Crippen MR) is 95.6 cm³/mol. The Morgan fingerprint density at radius 3 is 2.39 bits per heavy atom. The van der Waals surface area contributed by atoms with E-state index in [1.807, 2.05) is 6.92 Å². The lowest BCUT2D eigenvalue weighted by molar-refractivity contribution is -0.274. The highest BCUT2D eigenvalue weighted by molar-refractivity contribution is 6.05. The van der Waals surface area contributed by atoms with Crippen molar-refractivity contribution in [2.75, 3.05) is 6.54 Å². The number of nitrogens with zero attached hydrogens (tertiary/aromatic N) is 1. The van der Waals surface area contributed by atoms with Crippen LogP contribution in [0, 0.1) is 18.8 Å². The molecule has 8 heteroatoms. The first kappa shape index (κ1) is 18.8. The molecule has 0 spiro atoms. The van der Waals surface area contributed by atoms with E-state index in [0.29, 0.717) is 17.3 Å². The zero-order valence-electron chi connectivity index (χ0n) is 15.4. The van der Waals surface area contributed by atoms with Crippen molar-refractivity contribution in [1.82, 2.24) is 9.88 Å². The van der Waals surface area contributed by atoms with Gasteiger partial charge in [0.15, 0.2) is 0 Å². The summed E-state index contributed by atoms with van der Waals surface area (Å²) in [7, 11) is 0. The van der Waals surface area contributed by atoms with Crippen molar-refractivity contribution in [3.63, 3.8) is 0 Å². The van der Waals surface area contributed by atoms with Crippen molar-refractivity contribution in [3.05, 3.63) is 29.5 Å². The highest BCUT2D eigenvalue weighted by Gasteiger charge is 2.47. The Labute approximate surface area is 159 Å². The molecule has 2 aromatic rings. The molecule has 28 heavy (non-hydrogen) atoms. The number of halogens is 3. The number of benzene rings is 1. The molecule has 1 aromatic carbocycles. The third-order valence-corrected chi connectivity index (χ3v) is 5.84. The van der Waals surface area contributed by atoms with Crippen molar-refractivity contribution in [2.24, 2.45) is 11.8 Å². The van der Waals surface area contributed by atoms with Gasteiger partial charge in [-0.3, -0.25) is 14.5 Å². The molecule has 1 saturated carbocycles. The molecule has 1 aliphatic carbocycles. The number of carbonyl (C=O) groups is 2. The predicted octanol–water partition coefficient (Wildman–Crippen LogP) is 4.09. The number of likely N-dealkylation sites (tertiary alicyclic amines) is 1. The third-order valence-electron chi connectivity index (χ3n) is 5.84. The maximum absolute atomic E-state index is 12.6. The van der Waals surface area contributed by atoms with Crippen LogP contribution >= 0.6 is 0 Å². The van der Waals surface area contributed by atoms with Crippen molar-refractivity contribution in [3.8, 4) is 5.75 Å². The second-order valence-corrected chi connectivity index (χ2v) is 7.56. The van der Waals surface area contributed by atoms with E-state index in [0.717, 1.165) is 36.9 Å². The second kappa shape index (κ2) is 6.83. The molecule has 4 rings (SSSR count). The van der Waals surface area contributed by atoms with Gasteiger partial charge in [-0.2, -0.15) is 0 Å². The maximum atomic E-state index is 12.6. The molecule has 1 aromatic heterocycles. The van der Waals surface area contributed by atoms with E-state index in [2.05, 4.69) is 9.72 Å². The van der Waals surface area contributed by atoms with Crippen LogP contribution < -0.4 is 4.74 Å². The lowest BCUT2D eigenvalue weighted by atomic mass is 9.81. The first-order valence-corrected chi connectivity index (χ1v) is 9.47. The second-order valence-electron chi connectivity index (χ2n) is 7.56. The summed E-state index contributed by atoms with van der Waals surface area (Å²) in [5.74, 6) is -0.893. The molecule has 1 aliphatic heterocycles. The minimum absolute atomic E-state index is 0.103. The van der Waals surface area contributed by atoms with Gasteiger partial charge in [0.05, 0.1) is 11.8 Å². The number of hydrogen-bond acceptors (Lipinski definition) is 3. The molecule has 0 radical (unpaired) electrons. The standard InChI is InChI=1S/C20H21F3N2O3/c1-11-13(16-10-12(28-20(21,22)23)6-7-17(16)24-11)8-9-25-18(26)14-4-2-3-5-15(14)19(25)27/h6-7,10,14-15,24H,2-5,8-9H2,1H3/t14-,15+. The molecule has 2 aliphatic rings. The minimum Gasteiger partial charge on any atom is -0.406 e. The van der Waals surface area contributed by atoms with Gasteiger partial charge in [-0.25, -0.2) is 0 Å². The number of hydrogen-bond donors (Lipinski definition) is 1. The van der Waals surface area contributed by atoms with Gasteiger partial charge in [0.1, 0.15) is 5.75 Å². The Bertz CT molecular complexity index is 911. The fourth-order valence-electron chi connectivity index (χ4n) is 4.56. The van der Waals surface area contributed by atoms with Gasteiger partial charge < -0.3 is 9.72 Å². The van der Waals surface area contributed by atoms with E-state index in [4.69, 9.17) is 0 Å². The number of ether oxygens (including phenoxy) is 1. The summed E-state index contributed by atoms with van der Waals surface area (Å²) < 4.78 is 41.6. The first-order valence-electron chi connectivity index (χ1n) is 9.47. The van der Waals surface area contributed by atoms with Crippen molar-refractivity contribution >= 4 is 22.7 Å². The molecule has 1 N–H and O–H groups in total. The summed E-state index contributed by atoms with van der Waals surface area (Å²) in [6.45, 7) is 2.07. The number of amides is 2. The Morgan fingerprint density at radius 1 is 1.14 bits per heavy atom. The quantitative estimate of drug-likeness (QED) is 0.795. The summed E-state index contributed by atoms with van der Waals surface area (Å²) in [6, 6.07) is 4.14. The highest BCUT2D eigenvalue weighted by atomic mass is 19.4. The molecule has 2 heterocycles. The Hall–Kier alpha value is -2.51. The number of aryl methyl sites for hydroxylation is 1. The summed E-state index contributed by atoms with van der Waals surface area (Å²) >= 11 is 0. The van der Waals surface area contributed by atoms with Crippen LogP contribution in [0.1, 0.15) is 36.9 Å². The van der Waals surface area contributed by atoms with Crippen LogP contribution in [0.4, 0.5) is 13.2 Å². The van der Waals surface area contributed by atoms with Gasteiger partial charge >= 0.3 is 6.36 Å². The molecule has 1 saturated heterocycles. The zero-order chi connectivity index (χ0) is 20.1. The summed E-state index contributed by atoms with van der Waals surface area (Å²) in [4.78, 5) is 29.7.